The van der Waals surface area contributed by atoms with Gasteiger partial charge in [-0.25, -0.2) is 4.98 Å². The molecule has 5 rings (SSSR count). The standard InChI is InChI=1S/C22H29N5O2/c1-2-19(24-21-5-7-23-22(25-21)27-9-12-28-13-10-27)16-26(8-1)15-17-3-4-20-18(14-17)6-11-29-20/h3-5,7,14,19H,1-2,6,8-13,15-16H2,(H,23,24,25). The molecule has 0 amide bonds. The average molecular weight is 396 g/mol. The van der Waals surface area contributed by atoms with E-state index in [1.165, 1.54) is 24.0 Å². The molecule has 1 aromatic carbocycles. The van der Waals surface area contributed by atoms with Crippen LogP contribution < -0.4 is 15.0 Å². The Hall–Kier alpha value is -2.38. The van der Waals surface area contributed by atoms with Gasteiger partial charge in [0.1, 0.15) is 11.6 Å². The number of benzene rings is 1. The van der Waals surface area contributed by atoms with Crippen molar-refractivity contribution in [1.29, 1.82) is 0 Å². The van der Waals surface area contributed by atoms with Gasteiger partial charge in [0.2, 0.25) is 5.95 Å². The Bertz CT molecular complexity index is 840. The van der Waals surface area contributed by atoms with Gasteiger partial charge in [-0.05, 0) is 42.6 Å². The lowest BCUT2D eigenvalue weighted by Crippen LogP contribution is -2.42. The van der Waals surface area contributed by atoms with Crippen molar-refractivity contribution in [3.63, 3.8) is 0 Å². The number of ether oxygens (including phenoxy) is 2. The average Bonchev–Trinajstić information content (AvgIpc) is 3.23. The number of piperidine rings is 1. The second kappa shape index (κ2) is 8.55. The van der Waals surface area contributed by atoms with Crippen LogP contribution >= 0.6 is 0 Å². The van der Waals surface area contributed by atoms with Crippen LogP contribution in [0.3, 0.4) is 0 Å². The molecule has 3 aliphatic heterocycles. The van der Waals surface area contributed by atoms with E-state index in [1.54, 1.807) is 0 Å². The molecule has 2 saturated heterocycles. The fraction of sp³-hybridized carbons (Fsp3) is 0.545. The number of rotatable bonds is 5. The fourth-order valence-electron chi connectivity index (χ4n) is 4.47. The van der Waals surface area contributed by atoms with Crippen molar-refractivity contribution in [2.45, 2.75) is 31.8 Å². The van der Waals surface area contributed by atoms with Crippen LogP contribution in [0.5, 0.6) is 5.75 Å². The van der Waals surface area contributed by atoms with Gasteiger partial charge in [-0.15, -0.1) is 0 Å². The summed E-state index contributed by atoms with van der Waals surface area (Å²) in [5.74, 6) is 2.78. The lowest BCUT2D eigenvalue weighted by atomic mass is 10.0. The van der Waals surface area contributed by atoms with E-state index < -0.39 is 0 Å². The Morgan fingerprint density at radius 1 is 1.10 bits per heavy atom. The normalized spacial score (nSPS) is 22.2. The Balaban J connectivity index is 1.20. The molecule has 0 spiro atoms. The van der Waals surface area contributed by atoms with Crippen LogP contribution in [0.2, 0.25) is 0 Å². The van der Waals surface area contributed by atoms with Gasteiger partial charge in [-0.1, -0.05) is 12.1 Å². The van der Waals surface area contributed by atoms with E-state index in [2.05, 4.69) is 38.3 Å². The van der Waals surface area contributed by atoms with Gasteiger partial charge in [0.25, 0.3) is 0 Å². The first-order valence-electron chi connectivity index (χ1n) is 10.7. The molecule has 7 heteroatoms. The zero-order chi connectivity index (χ0) is 19.5. The maximum absolute atomic E-state index is 5.63. The first-order valence-corrected chi connectivity index (χ1v) is 10.7. The summed E-state index contributed by atoms with van der Waals surface area (Å²) in [4.78, 5) is 13.9. The Morgan fingerprint density at radius 3 is 2.97 bits per heavy atom. The zero-order valence-electron chi connectivity index (χ0n) is 16.8. The number of hydrogen-bond acceptors (Lipinski definition) is 7. The van der Waals surface area contributed by atoms with Crippen LogP contribution in [0.1, 0.15) is 24.0 Å². The molecule has 0 aliphatic carbocycles. The summed E-state index contributed by atoms with van der Waals surface area (Å²) < 4.78 is 11.1. The molecule has 2 aromatic rings. The summed E-state index contributed by atoms with van der Waals surface area (Å²) in [6.07, 6.45) is 5.26. The summed E-state index contributed by atoms with van der Waals surface area (Å²) >= 11 is 0. The van der Waals surface area contributed by atoms with Gasteiger partial charge >= 0.3 is 0 Å². The van der Waals surface area contributed by atoms with E-state index in [4.69, 9.17) is 14.5 Å². The third-order valence-corrected chi connectivity index (χ3v) is 5.95. The molecule has 4 heterocycles. The molecule has 0 radical (unpaired) electrons. The number of morpholine rings is 1. The number of likely N-dealkylation sites (tertiary alicyclic amines) is 1. The molecule has 1 aromatic heterocycles. The third-order valence-electron chi connectivity index (χ3n) is 5.95. The van der Waals surface area contributed by atoms with E-state index in [0.717, 1.165) is 76.5 Å². The van der Waals surface area contributed by atoms with Gasteiger partial charge in [-0.2, -0.15) is 4.98 Å². The third kappa shape index (κ3) is 4.46. The van der Waals surface area contributed by atoms with Crippen LogP contribution in [-0.4, -0.2) is 66.9 Å². The maximum Gasteiger partial charge on any atom is 0.227 e. The van der Waals surface area contributed by atoms with E-state index in [1.807, 2.05) is 12.3 Å². The number of hydrogen-bond donors (Lipinski definition) is 1. The predicted octanol–water partition coefficient (Wildman–Crippen LogP) is 2.32. The van der Waals surface area contributed by atoms with Gasteiger partial charge in [0.15, 0.2) is 0 Å². The predicted molar refractivity (Wildman–Crippen MR) is 113 cm³/mol. The summed E-state index contributed by atoms with van der Waals surface area (Å²) in [5.41, 5.74) is 2.73. The van der Waals surface area contributed by atoms with E-state index in [9.17, 15) is 0 Å². The van der Waals surface area contributed by atoms with Gasteiger partial charge in [0.05, 0.1) is 19.8 Å². The molecule has 154 valence electrons. The highest BCUT2D eigenvalue weighted by Gasteiger charge is 2.22. The van der Waals surface area contributed by atoms with E-state index in [-0.39, 0.29) is 0 Å². The van der Waals surface area contributed by atoms with Crippen LogP contribution in [-0.2, 0) is 17.7 Å². The molecular formula is C22H29N5O2. The van der Waals surface area contributed by atoms with Crippen molar-refractivity contribution in [3.05, 3.63) is 41.6 Å². The van der Waals surface area contributed by atoms with Gasteiger partial charge < -0.3 is 19.7 Å². The van der Waals surface area contributed by atoms with Gasteiger partial charge in [-0.3, -0.25) is 4.90 Å². The molecule has 29 heavy (non-hydrogen) atoms. The van der Waals surface area contributed by atoms with E-state index in [0.29, 0.717) is 6.04 Å². The smallest absolute Gasteiger partial charge is 0.227 e. The van der Waals surface area contributed by atoms with E-state index >= 15 is 0 Å². The molecular weight excluding hydrogens is 366 g/mol. The SMILES string of the molecule is c1cc(NC2CCCN(Cc3ccc4c(c3)CCO4)C2)nc(N2CCOCC2)n1. The highest BCUT2D eigenvalue weighted by Crippen LogP contribution is 2.27. The summed E-state index contributed by atoms with van der Waals surface area (Å²) in [5, 5.41) is 3.65. The monoisotopic (exact) mass is 395 g/mol. The van der Waals surface area contributed by atoms with Crippen LogP contribution in [0, 0.1) is 0 Å². The fourth-order valence-corrected chi connectivity index (χ4v) is 4.47. The number of fused-ring (bicyclic) bond motifs is 1. The second-order valence-electron chi connectivity index (χ2n) is 8.10. The van der Waals surface area contributed by atoms with Crippen LogP contribution in [0.15, 0.2) is 30.5 Å². The van der Waals surface area contributed by atoms with Crippen molar-refractivity contribution in [2.24, 2.45) is 0 Å². The molecule has 1 N–H and O–H groups in total. The lowest BCUT2D eigenvalue weighted by molar-refractivity contribution is 0.122. The number of aromatic nitrogens is 2. The van der Waals surface area contributed by atoms with Crippen molar-refractivity contribution in [2.75, 3.05) is 56.2 Å². The number of nitrogens with one attached hydrogen (secondary N) is 1. The maximum atomic E-state index is 5.63. The molecule has 2 fully saturated rings. The topological polar surface area (TPSA) is 62.8 Å². The molecule has 0 saturated carbocycles. The van der Waals surface area contributed by atoms with Crippen LogP contribution in [0.25, 0.3) is 0 Å². The molecule has 3 aliphatic rings. The van der Waals surface area contributed by atoms with Crippen molar-refractivity contribution < 1.29 is 9.47 Å². The first kappa shape index (κ1) is 18.6. The zero-order valence-corrected chi connectivity index (χ0v) is 16.8. The minimum Gasteiger partial charge on any atom is -0.493 e. The van der Waals surface area contributed by atoms with Crippen molar-refractivity contribution >= 4 is 11.8 Å². The lowest BCUT2D eigenvalue weighted by Gasteiger charge is -2.33. The minimum atomic E-state index is 0.411. The highest BCUT2D eigenvalue weighted by atomic mass is 16.5. The Morgan fingerprint density at radius 2 is 2.03 bits per heavy atom. The molecule has 1 atom stereocenters. The second-order valence-corrected chi connectivity index (χ2v) is 8.10. The minimum absolute atomic E-state index is 0.411. The Kier molecular flexibility index (Phi) is 5.49. The number of nitrogens with zero attached hydrogens (tertiary/aromatic N) is 4. The molecule has 7 nitrogen and oxygen atoms in total. The highest BCUT2D eigenvalue weighted by molar-refractivity contribution is 5.42. The largest absolute Gasteiger partial charge is 0.493 e. The first-order chi connectivity index (χ1) is 14.3. The summed E-state index contributed by atoms with van der Waals surface area (Å²) in [6.45, 7) is 7.19. The summed E-state index contributed by atoms with van der Waals surface area (Å²) in [6, 6.07) is 9.04. The quantitative estimate of drug-likeness (QED) is 0.834. The van der Waals surface area contributed by atoms with Crippen LogP contribution in [0.4, 0.5) is 11.8 Å². The van der Waals surface area contributed by atoms with Crippen molar-refractivity contribution in [1.82, 2.24) is 14.9 Å². The summed E-state index contributed by atoms with van der Waals surface area (Å²) in [7, 11) is 0. The Labute approximate surface area is 172 Å². The molecule has 0 bridgehead atoms. The number of anilines is 2. The van der Waals surface area contributed by atoms with Crippen molar-refractivity contribution in [3.8, 4) is 5.75 Å². The molecule has 1 unspecified atom stereocenters. The van der Waals surface area contributed by atoms with Gasteiger partial charge in [0, 0.05) is 44.8 Å².